The fraction of sp³-hybridized carbons (Fsp3) is 0.600. The topological polar surface area (TPSA) is 21.3 Å². The quantitative estimate of drug-likeness (QED) is 0.843. The minimum absolute atomic E-state index is 0.378. The first-order chi connectivity index (χ1) is 9.19. The van der Waals surface area contributed by atoms with Crippen LogP contribution in [0, 0.1) is 5.92 Å². The van der Waals surface area contributed by atoms with E-state index in [0.717, 1.165) is 41.6 Å². The number of ether oxygens (including phenoxy) is 1. The molecule has 1 aliphatic heterocycles. The van der Waals surface area contributed by atoms with Crippen molar-refractivity contribution in [1.29, 1.82) is 0 Å². The predicted molar refractivity (Wildman–Crippen MR) is 83.7 cm³/mol. The van der Waals surface area contributed by atoms with Crippen LogP contribution >= 0.6 is 27.5 Å². The van der Waals surface area contributed by atoms with Crippen molar-refractivity contribution in [2.24, 2.45) is 5.92 Å². The number of benzene rings is 1. The Labute approximate surface area is 129 Å². The van der Waals surface area contributed by atoms with E-state index in [2.05, 4.69) is 40.3 Å². The molecular formula is C15H21BrClNO. The van der Waals surface area contributed by atoms with Gasteiger partial charge in [0, 0.05) is 28.8 Å². The van der Waals surface area contributed by atoms with Gasteiger partial charge in [-0.2, -0.15) is 0 Å². The van der Waals surface area contributed by atoms with Crippen LogP contribution in [0.5, 0.6) is 0 Å². The lowest BCUT2D eigenvalue weighted by atomic mass is 9.89. The predicted octanol–water partition coefficient (Wildman–Crippen LogP) is 4.57. The first-order valence-electron chi connectivity index (χ1n) is 6.96. The minimum atomic E-state index is 0.378. The molecule has 1 unspecified atom stereocenters. The lowest BCUT2D eigenvalue weighted by molar-refractivity contribution is 0.0606. The van der Waals surface area contributed by atoms with Gasteiger partial charge >= 0.3 is 0 Å². The van der Waals surface area contributed by atoms with Crippen molar-refractivity contribution in [3.05, 3.63) is 33.3 Å². The maximum absolute atomic E-state index is 6.16. The Hall–Kier alpha value is -0.0900. The van der Waals surface area contributed by atoms with Crippen LogP contribution in [0.25, 0.3) is 0 Å². The molecule has 0 aliphatic carbocycles. The monoisotopic (exact) mass is 345 g/mol. The first kappa shape index (κ1) is 15.3. The van der Waals surface area contributed by atoms with E-state index in [0.29, 0.717) is 6.04 Å². The maximum atomic E-state index is 6.16. The largest absolute Gasteiger partial charge is 0.381 e. The van der Waals surface area contributed by atoms with Crippen molar-refractivity contribution in [3.63, 3.8) is 0 Å². The molecule has 0 spiro atoms. The van der Waals surface area contributed by atoms with Crippen molar-refractivity contribution >= 4 is 27.5 Å². The Morgan fingerprint density at radius 1 is 1.37 bits per heavy atom. The van der Waals surface area contributed by atoms with Gasteiger partial charge in [0.1, 0.15) is 0 Å². The maximum Gasteiger partial charge on any atom is 0.0468 e. The lowest BCUT2D eigenvalue weighted by Crippen LogP contribution is -2.26. The van der Waals surface area contributed by atoms with Crippen molar-refractivity contribution in [2.45, 2.75) is 32.2 Å². The standard InChI is InChI=1S/C15H21BrClNO/c1-2-18-15(7-11-3-5-19-6-4-11)12-8-13(16)10-14(17)9-12/h8-11,15,18H,2-7H2,1H3. The number of halogens is 2. The van der Waals surface area contributed by atoms with Crippen LogP contribution < -0.4 is 5.32 Å². The molecule has 106 valence electrons. The second-order valence-corrected chi connectivity index (χ2v) is 6.46. The third kappa shape index (κ3) is 4.75. The van der Waals surface area contributed by atoms with Crippen LogP contribution in [0.2, 0.25) is 5.02 Å². The van der Waals surface area contributed by atoms with Crippen molar-refractivity contribution < 1.29 is 4.74 Å². The van der Waals surface area contributed by atoms with Crippen LogP contribution in [0.3, 0.4) is 0 Å². The van der Waals surface area contributed by atoms with Gasteiger partial charge in [0.15, 0.2) is 0 Å². The van der Waals surface area contributed by atoms with Gasteiger partial charge in [0.25, 0.3) is 0 Å². The molecule has 0 bridgehead atoms. The number of rotatable bonds is 5. The Morgan fingerprint density at radius 3 is 2.74 bits per heavy atom. The summed E-state index contributed by atoms with van der Waals surface area (Å²) in [6, 6.07) is 6.54. The van der Waals surface area contributed by atoms with Crippen LogP contribution in [0.4, 0.5) is 0 Å². The third-order valence-electron chi connectivity index (χ3n) is 3.65. The Bertz CT molecular complexity index is 387. The molecule has 1 fully saturated rings. The smallest absolute Gasteiger partial charge is 0.0468 e. The zero-order valence-corrected chi connectivity index (χ0v) is 13.6. The molecule has 0 aromatic heterocycles. The van der Waals surface area contributed by atoms with E-state index in [-0.39, 0.29) is 0 Å². The highest BCUT2D eigenvalue weighted by Gasteiger charge is 2.20. The van der Waals surface area contributed by atoms with E-state index < -0.39 is 0 Å². The molecular weight excluding hydrogens is 326 g/mol. The summed E-state index contributed by atoms with van der Waals surface area (Å²) < 4.78 is 6.48. The van der Waals surface area contributed by atoms with E-state index in [9.17, 15) is 0 Å². The molecule has 2 nitrogen and oxygen atoms in total. The lowest BCUT2D eigenvalue weighted by Gasteiger charge is -2.27. The fourth-order valence-electron chi connectivity index (χ4n) is 2.68. The summed E-state index contributed by atoms with van der Waals surface area (Å²) >= 11 is 9.68. The van der Waals surface area contributed by atoms with Gasteiger partial charge in [-0.25, -0.2) is 0 Å². The third-order valence-corrected chi connectivity index (χ3v) is 4.32. The Kier molecular flexibility index (Phi) is 6.14. The van der Waals surface area contributed by atoms with Crippen LogP contribution in [-0.4, -0.2) is 19.8 Å². The molecule has 1 heterocycles. The van der Waals surface area contributed by atoms with E-state index in [1.54, 1.807) is 0 Å². The van der Waals surface area contributed by atoms with Crippen molar-refractivity contribution in [1.82, 2.24) is 5.32 Å². The molecule has 0 radical (unpaired) electrons. The van der Waals surface area contributed by atoms with E-state index in [1.165, 1.54) is 18.4 Å². The summed E-state index contributed by atoms with van der Waals surface area (Å²) in [5, 5.41) is 4.37. The summed E-state index contributed by atoms with van der Waals surface area (Å²) in [5.41, 5.74) is 1.27. The van der Waals surface area contributed by atoms with Crippen LogP contribution in [0.15, 0.2) is 22.7 Å². The zero-order chi connectivity index (χ0) is 13.7. The van der Waals surface area contributed by atoms with Gasteiger partial charge in [0.2, 0.25) is 0 Å². The zero-order valence-electron chi connectivity index (χ0n) is 11.3. The summed E-state index contributed by atoms with van der Waals surface area (Å²) in [4.78, 5) is 0. The Morgan fingerprint density at radius 2 is 2.11 bits per heavy atom. The molecule has 19 heavy (non-hydrogen) atoms. The average Bonchev–Trinajstić information content (AvgIpc) is 2.38. The van der Waals surface area contributed by atoms with E-state index >= 15 is 0 Å². The molecule has 1 aromatic carbocycles. The summed E-state index contributed by atoms with van der Waals surface area (Å²) in [6.07, 6.45) is 3.50. The van der Waals surface area contributed by atoms with Gasteiger partial charge in [-0.1, -0.05) is 34.5 Å². The molecule has 1 N–H and O–H groups in total. The van der Waals surface area contributed by atoms with Crippen LogP contribution in [-0.2, 0) is 4.74 Å². The van der Waals surface area contributed by atoms with Crippen LogP contribution in [0.1, 0.15) is 37.8 Å². The molecule has 1 atom stereocenters. The molecule has 1 aromatic rings. The Balaban J connectivity index is 2.09. The summed E-state index contributed by atoms with van der Waals surface area (Å²) in [5.74, 6) is 0.746. The normalized spacial score (nSPS) is 18.5. The SMILES string of the molecule is CCNC(CC1CCOCC1)c1cc(Cl)cc(Br)c1. The summed E-state index contributed by atoms with van der Waals surface area (Å²) in [7, 11) is 0. The second kappa shape index (κ2) is 7.63. The summed E-state index contributed by atoms with van der Waals surface area (Å²) in [6.45, 7) is 4.93. The highest BCUT2D eigenvalue weighted by Crippen LogP contribution is 2.30. The van der Waals surface area contributed by atoms with Gasteiger partial charge in [-0.15, -0.1) is 0 Å². The second-order valence-electron chi connectivity index (χ2n) is 5.10. The van der Waals surface area contributed by atoms with E-state index in [4.69, 9.17) is 16.3 Å². The minimum Gasteiger partial charge on any atom is -0.381 e. The molecule has 4 heteroatoms. The molecule has 0 amide bonds. The van der Waals surface area contributed by atoms with Gasteiger partial charge in [-0.05, 0) is 55.5 Å². The molecule has 1 aliphatic rings. The van der Waals surface area contributed by atoms with Crippen molar-refractivity contribution in [3.8, 4) is 0 Å². The van der Waals surface area contributed by atoms with Gasteiger partial charge in [0.05, 0.1) is 0 Å². The average molecular weight is 347 g/mol. The van der Waals surface area contributed by atoms with Gasteiger partial charge in [-0.3, -0.25) is 0 Å². The number of hydrogen-bond acceptors (Lipinski definition) is 2. The fourth-order valence-corrected chi connectivity index (χ4v) is 3.56. The number of nitrogens with one attached hydrogen (secondary N) is 1. The number of hydrogen-bond donors (Lipinski definition) is 1. The highest BCUT2D eigenvalue weighted by atomic mass is 79.9. The molecule has 1 saturated heterocycles. The first-order valence-corrected chi connectivity index (χ1v) is 8.13. The van der Waals surface area contributed by atoms with Crippen molar-refractivity contribution in [2.75, 3.05) is 19.8 Å². The molecule has 0 saturated carbocycles. The van der Waals surface area contributed by atoms with Gasteiger partial charge < -0.3 is 10.1 Å². The van der Waals surface area contributed by atoms with E-state index in [1.807, 2.05) is 6.07 Å². The molecule has 2 rings (SSSR count). The highest BCUT2D eigenvalue weighted by molar-refractivity contribution is 9.10.